The number of hydrogen-bond acceptors (Lipinski definition) is 3. The molecule has 2 aromatic heterocycles. The highest BCUT2D eigenvalue weighted by Gasteiger charge is 2.10. The van der Waals surface area contributed by atoms with Gasteiger partial charge in [0.2, 0.25) is 5.56 Å². The Labute approximate surface area is 110 Å². The van der Waals surface area contributed by atoms with E-state index in [4.69, 9.17) is 0 Å². The van der Waals surface area contributed by atoms with Crippen LogP contribution in [0.3, 0.4) is 0 Å². The topological polar surface area (TPSA) is 75.1 Å². The number of aliphatic hydroxyl groups excluding tert-OH is 1. The maximum atomic E-state index is 11.8. The Kier molecular flexibility index (Phi) is 3.97. The van der Waals surface area contributed by atoms with E-state index in [0.29, 0.717) is 24.1 Å². The number of aliphatic hydroxyl groups is 1. The van der Waals surface area contributed by atoms with Crippen LogP contribution >= 0.6 is 0 Å². The minimum atomic E-state index is -0.779. The van der Waals surface area contributed by atoms with Gasteiger partial charge in [0.25, 0.3) is 5.56 Å². The van der Waals surface area contributed by atoms with E-state index in [0.717, 1.165) is 0 Å². The molecule has 0 aliphatic rings. The van der Waals surface area contributed by atoms with Crippen molar-refractivity contribution in [2.24, 2.45) is 7.05 Å². The summed E-state index contributed by atoms with van der Waals surface area (Å²) in [5.74, 6) is 0. The lowest BCUT2D eigenvalue weighted by atomic mass is 10.1. The summed E-state index contributed by atoms with van der Waals surface area (Å²) in [5, 5.41) is 9.99. The van der Waals surface area contributed by atoms with Crippen molar-refractivity contribution in [2.75, 3.05) is 0 Å². The van der Waals surface area contributed by atoms with Gasteiger partial charge in [-0.15, -0.1) is 0 Å². The number of aryl methyl sites for hydroxylation is 2. The molecule has 2 heterocycles. The maximum absolute atomic E-state index is 11.8. The summed E-state index contributed by atoms with van der Waals surface area (Å²) in [6, 6.07) is 8.20. The zero-order valence-corrected chi connectivity index (χ0v) is 10.7. The van der Waals surface area contributed by atoms with Gasteiger partial charge in [0.15, 0.2) is 0 Å². The van der Waals surface area contributed by atoms with E-state index in [9.17, 15) is 14.7 Å². The minimum Gasteiger partial charge on any atom is -0.387 e. The number of aromatic nitrogens is 2. The number of nitrogens with one attached hydrogen (secondary N) is 1. The minimum absolute atomic E-state index is 0.0590. The summed E-state index contributed by atoms with van der Waals surface area (Å²) in [6.45, 7) is 0. The molecule has 100 valence electrons. The van der Waals surface area contributed by atoms with Gasteiger partial charge in [0, 0.05) is 30.6 Å². The maximum Gasteiger partial charge on any atom is 0.253 e. The average Bonchev–Trinajstić information content (AvgIpc) is 2.40. The van der Waals surface area contributed by atoms with E-state index in [1.807, 2.05) is 0 Å². The highest BCUT2D eigenvalue weighted by atomic mass is 16.3. The Morgan fingerprint density at radius 3 is 2.79 bits per heavy atom. The van der Waals surface area contributed by atoms with Crippen LogP contribution in [-0.4, -0.2) is 14.7 Å². The van der Waals surface area contributed by atoms with E-state index in [1.54, 1.807) is 37.5 Å². The normalized spacial score (nSPS) is 12.3. The predicted octanol–water partition coefficient (Wildman–Crippen LogP) is 0.740. The zero-order chi connectivity index (χ0) is 13.8. The van der Waals surface area contributed by atoms with Gasteiger partial charge in [0.1, 0.15) is 0 Å². The second-order valence-electron chi connectivity index (χ2n) is 4.47. The number of pyridine rings is 2. The number of aromatic amines is 1. The summed E-state index contributed by atoms with van der Waals surface area (Å²) >= 11 is 0. The lowest BCUT2D eigenvalue weighted by molar-refractivity contribution is 0.162. The van der Waals surface area contributed by atoms with E-state index < -0.39 is 6.10 Å². The van der Waals surface area contributed by atoms with Crippen molar-refractivity contribution in [1.82, 2.24) is 9.55 Å². The van der Waals surface area contributed by atoms with Gasteiger partial charge in [-0.3, -0.25) is 9.59 Å². The Hall–Kier alpha value is -2.14. The lowest BCUT2D eigenvalue weighted by Crippen LogP contribution is -2.20. The quantitative estimate of drug-likeness (QED) is 0.851. The first-order chi connectivity index (χ1) is 9.08. The molecule has 0 bridgehead atoms. The number of rotatable bonds is 4. The van der Waals surface area contributed by atoms with Gasteiger partial charge in [-0.05, 0) is 25.0 Å². The molecule has 0 aliphatic heterocycles. The number of nitrogens with zero attached hydrogens (tertiary/aromatic N) is 1. The SMILES string of the molecule is Cn1cccc(CCC(O)c2cccc(=O)[nH]2)c1=O. The molecule has 5 heteroatoms. The Morgan fingerprint density at radius 1 is 1.26 bits per heavy atom. The molecule has 0 aliphatic carbocycles. The summed E-state index contributed by atoms with van der Waals surface area (Å²) in [4.78, 5) is 25.5. The second-order valence-corrected chi connectivity index (χ2v) is 4.47. The van der Waals surface area contributed by atoms with Gasteiger partial charge in [-0.25, -0.2) is 0 Å². The van der Waals surface area contributed by atoms with Crippen molar-refractivity contribution in [1.29, 1.82) is 0 Å². The van der Waals surface area contributed by atoms with Crippen molar-refractivity contribution >= 4 is 0 Å². The molecule has 0 saturated carbocycles. The third-order valence-corrected chi connectivity index (χ3v) is 3.04. The van der Waals surface area contributed by atoms with Gasteiger partial charge in [-0.1, -0.05) is 12.1 Å². The molecular weight excluding hydrogens is 244 g/mol. The molecule has 0 fully saturated rings. The third kappa shape index (κ3) is 3.20. The van der Waals surface area contributed by atoms with Crippen LogP contribution in [0, 0.1) is 0 Å². The van der Waals surface area contributed by atoms with Crippen molar-refractivity contribution in [3.8, 4) is 0 Å². The van der Waals surface area contributed by atoms with Crippen molar-refractivity contribution in [3.63, 3.8) is 0 Å². The first-order valence-corrected chi connectivity index (χ1v) is 6.10. The Balaban J connectivity index is 2.08. The van der Waals surface area contributed by atoms with Crippen molar-refractivity contribution in [2.45, 2.75) is 18.9 Å². The Bertz CT molecular complexity index is 673. The summed E-state index contributed by atoms with van der Waals surface area (Å²) in [6.07, 6.45) is 1.76. The average molecular weight is 260 g/mol. The van der Waals surface area contributed by atoms with E-state index in [1.165, 1.54) is 10.6 Å². The van der Waals surface area contributed by atoms with Crippen LogP contribution in [-0.2, 0) is 13.5 Å². The molecule has 2 rings (SSSR count). The number of hydrogen-bond donors (Lipinski definition) is 2. The van der Waals surface area contributed by atoms with Crippen LogP contribution in [0.25, 0.3) is 0 Å². The van der Waals surface area contributed by atoms with Crippen LogP contribution in [0.2, 0.25) is 0 Å². The van der Waals surface area contributed by atoms with Crippen LogP contribution in [0.1, 0.15) is 23.8 Å². The molecule has 2 N–H and O–H groups in total. The molecule has 0 amide bonds. The highest BCUT2D eigenvalue weighted by molar-refractivity contribution is 5.12. The molecule has 2 aromatic rings. The lowest BCUT2D eigenvalue weighted by Gasteiger charge is -2.10. The fourth-order valence-corrected chi connectivity index (χ4v) is 1.95. The van der Waals surface area contributed by atoms with E-state index in [2.05, 4.69) is 4.98 Å². The van der Waals surface area contributed by atoms with Crippen molar-refractivity contribution in [3.05, 3.63) is 68.5 Å². The third-order valence-electron chi connectivity index (χ3n) is 3.04. The van der Waals surface area contributed by atoms with Crippen LogP contribution in [0.15, 0.2) is 46.1 Å². The Morgan fingerprint density at radius 2 is 2.05 bits per heavy atom. The fourth-order valence-electron chi connectivity index (χ4n) is 1.95. The standard InChI is InChI=1S/C14H16N2O3/c1-16-9-3-4-10(14(16)19)7-8-12(17)11-5-2-6-13(18)15-11/h2-6,9,12,17H,7-8H2,1H3,(H,15,18). The van der Waals surface area contributed by atoms with E-state index in [-0.39, 0.29) is 11.1 Å². The fraction of sp³-hybridized carbons (Fsp3) is 0.286. The van der Waals surface area contributed by atoms with Crippen molar-refractivity contribution < 1.29 is 5.11 Å². The second kappa shape index (κ2) is 5.67. The van der Waals surface area contributed by atoms with Crippen LogP contribution in [0.4, 0.5) is 0 Å². The molecule has 5 nitrogen and oxygen atoms in total. The van der Waals surface area contributed by atoms with E-state index >= 15 is 0 Å². The number of H-pyrrole nitrogens is 1. The predicted molar refractivity (Wildman–Crippen MR) is 72.0 cm³/mol. The molecule has 0 saturated heterocycles. The molecule has 0 spiro atoms. The summed E-state index contributed by atoms with van der Waals surface area (Å²) < 4.78 is 1.51. The molecule has 0 aromatic carbocycles. The van der Waals surface area contributed by atoms with Gasteiger partial charge >= 0.3 is 0 Å². The smallest absolute Gasteiger partial charge is 0.253 e. The zero-order valence-electron chi connectivity index (χ0n) is 10.7. The van der Waals surface area contributed by atoms with Gasteiger partial charge in [0.05, 0.1) is 6.10 Å². The van der Waals surface area contributed by atoms with Crippen LogP contribution < -0.4 is 11.1 Å². The highest BCUT2D eigenvalue weighted by Crippen LogP contribution is 2.14. The molecule has 0 radical (unpaired) electrons. The first-order valence-electron chi connectivity index (χ1n) is 6.10. The van der Waals surface area contributed by atoms with Crippen LogP contribution in [0.5, 0.6) is 0 Å². The molecular formula is C14H16N2O3. The molecule has 19 heavy (non-hydrogen) atoms. The molecule has 1 unspecified atom stereocenters. The monoisotopic (exact) mass is 260 g/mol. The summed E-state index contributed by atoms with van der Waals surface area (Å²) in [5.41, 5.74) is 0.825. The first kappa shape index (κ1) is 13.3. The molecule has 1 atom stereocenters. The summed E-state index contributed by atoms with van der Waals surface area (Å²) in [7, 11) is 1.69. The van der Waals surface area contributed by atoms with Gasteiger partial charge < -0.3 is 14.7 Å². The van der Waals surface area contributed by atoms with Gasteiger partial charge in [-0.2, -0.15) is 0 Å². The largest absolute Gasteiger partial charge is 0.387 e.